The lowest BCUT2D eigenvalue weighted by Gasteiger charge is -1.90. The van der Waals surface area contributed by atoms with Crippen LogP contribution in [0.2, 0.25) is 5.02 Å². The average Bonchev–Trinajstić information content (AvgIpc) is 2.46. The molecule has 3 nitrogen and oxygen atoms in total. The van der Waals surface area contributed by atoms with Crippen molar-refractivity contribution in [1.82, 2.24) is 4.98 Å². The Bertz CT molecular complexity index is 441. The molecule has 0 aliphatic heterocycles. The molecular weight excluding hydrogens is 188 g/mol. The highest BCUT2D eigenvalue weighted by Gasteiger charge is 2.13. The molecule has 0 aliphatic carbocycles. The van der Waals surface area contributed by atoms with E-state index in [0.717, 1.165) is 10.9 Å². The Morgan fingerprint density at radius 1 is 1.23 bits per heavy atom. The number of aromatic amines is 1. The van der Waals surface area contributed by atoms with E-state index >= 15 is 0 Å². The Labute approximate surface area is 80.1 Å². The molecule has 0 radical (unpaired) electrons. The topological polar surface area (TPSA) is 56.2 Å². The molecule has 2 rings (SSSR count). The summed E-state index contributed by atoms with van der Waals surface area (Å²) in [4.78, 5) is 2.85. The Morgan fingerprint density at radius 2 is 2.00 bits per heavy atom. The van der Waals surface area contributed by atoms with Gasteiger partial charge in [-0.05, 0) is 23.6 Å². The van der Waals surface area contributed by atoms with Crippen molar-refractivity contribution in [2.75, 3.05) is 0 Å². The van der Waals surface area contributed by atoms with Gasteiger partial charge in [0, 0.05) is 16.1 Å². The van der Waals surface area contributed by atoms with E-state index in [2.05, 4.69) is 4.98 Å². The van der Waals surface area contributed by atoms with Crippen molar-refractivity contribution in [3.8, 4) is 0 Å². The summed E-state index contributed by atoms with van der Waals surface area (Å²) in [6, 6.07) is 6.99. The van der Waals surface area contributed by atoms with Crippen LogP contribution in [0, 0.1) is 0 Å². The van der Waals surface area contributed by atoms with Crippen LogP contribution in [0.15, 0.2) is 24.3 Å². The summed E-state index contributed by atoms with van der Waals surface area (Å²) in [5.41, 5.74) is 1.17. The Balaban J connectivity index is 2.62. The summed E-state index contributed by atoms with van der Waals surface area (Å²) in [6.07, 6.45) is 0. The first-order valence-electron chi connectivity index (χ1n) is 3.81. The quantitative estimate of drug-likeness (QED) is 0.581. The van der Waals surface area contributed by atoms with Gasteiger partial charge in [-0.3, -0.25) is 0 Å². The van der Waals surface area contributed by atoms with E-state index in [1.54, 1.807) is 18.2 Å². The lowest BCUT2D eigenvalue weighted by molar-refractivity contribution is 0.424. The van der Waals surface area contributed by atoms with Crippen molar-refractivity contribution in [2.24, 2.45) is 0 Å². The first-order valence-corrected chi connectivity index (χ1v) is 4.19. The van der Waals surface area contributed by atoms with Crippen molar-refractivity contribution in [2.45, 2.75) is 0 Å². The molecule has 2 aromatic rings. The number of hydrogen-bond acceptors (Lipinski definition) is 2. The zero-order chi connectivity index (χ0) is 9.42. The van der Waals surface area contributed by atoms with Crippen LogP contribution in [-0.2, 0) is 0 Å². The summed E-state index contributed by atoms with van der Waals surface area (Å²) in [5.74, 6) is 0. The highest BCUT2D eigenvalue weighted by atomic mass is 35.5. The van der Waals surface area contributed by atoms with Crippen LogP contribution in [-0.4, -0.2) is 22.2 Å². The van der Waals surface area contributed by atoms with Crippen LogP contribution >= 0.6 is 11.6 Å². The van der Waals surface area contributed by atoms with Crippen LogP contribution in [0.1, 0.15) is 0 Å². The van der Waals surface area contributed by atoms with Gasteiger partial charge in [-0.15, -0.1) is 0 Å². The Kier molecular flexibility index (Phi) is 2.03. The number of fused-ring (bicyclic) bond motifs is 1. The van der Waals surface area contributed by atoms with Crippen molar-refractivity contribution in [3.05, 3.63) is 29.3 Å². The van der Waals surface area contributed by atoms with Gasteiger partial charge in [-0.1, -0.05) is 17.7 Å². The van der Waals surface area contributed by atoms with E-state index in [1.807, 2.05) is 6.07 Å². The maximum Gasteiger partial charge on any atom is 0.505 e. The number of nitrogens with one attached hydrogen (secondary N) is 1. The second kappa shape index (κ2) is 3.07. The predicted molar refractivity (Wildman–Crippen MR) is 53.1 cm³/mol. The van der Waals surface area contributed by atoms with E-state index in [-0.39, 0.29) is 0 Å². The van der Waals surface area contributed by atoms with Gasteiger partial charge in [-0.25, -0.2) is 0 Å². The lowest BCUT2D eigenvalue weighted by atomic mass is 9.87. The molecule has 0 bridgehead atoms. The molecule has 3 N–H and O–H groups in total. The number of benzene rings is 1. The second-order valence-electron chi connectivity index (χ2n) is 2.83. The molecule has 5 heteroatoms. The first kappa shape index (κ1) is 8.63. The molecule has 0 fully saturated rings. The number of halogens is 1. The normalized spacial score (nSPS) is 10.7. The zero-order valence-corrected chi connectivity index (χ0v) is 7.42. The van der Waals surface area contributed by atoms with Gasteiger partial charge in [-0.2, -0.15) is 0 Å². The summed E-state index contributed by atoms with van der Waals surface area (Å²) < 4.78 is 0. The van der Waals surface area contributed by atoms with Gasteiger partial charge in [0.05, 0.1) is 0 Å². The largest absolute Gasteiger partial charge is 0.505 e. The zero-order valence-electron chi connectivity index (χ0n) is 6.66. The lowest BCUT2D eigenvalue weighted by Crippen LogP contribution is -2.30. The number of aromatic nitrogens is 1. The fraction of sp³-hybridized carbons (Fsp3) is 0. The molecular formula is C8H7BClNO2. The smallest absolute Gasteiger partial charge is 0.422 e. The van der Waals surface area contributed by atoms with Crippen LogP contribution in [0.4, 0.5) is 0 Å². The summed E-state index contributed by atoms with van der Waals surface area (Å²) in [7, 11) is -1.47. The molecule has 1 aromatic carbocycles. The molecule has 0 atom stereocenters. The summed E-state index contributed by atoms with van der Waals surface area (Å²) in [6.45, 7) is 0. The molecule has 0 unspecified atom stereocenters. The van der Waals surface area contributed by atoms with E-state index in [9.17, 15) is 0 Å². The summed E-state index contributed by atoms with van der Waals surface area (Å²) >= 11 is 5.76. The minimum absolute atomic E-state index is 0.372. The fourth-order valence-electron chi connectivity index (χ4n) is 1.26. The fourth-order valence-corrected chi connectivity index (χ4v) is 1.43. The average molecular weight is 195 g/mol. The third kappa shape index (κ3) is 1.56. The van der Waals surface area contributed by atoms with Crippen LogP contribution in [0.5, 0.6) is 0 Å². The third-order valence-electron chi connectivity index (χ3n) is 1.88. The molecule has 0 amide bonds. The summed E-state index contributed by atoms with van der Waals surface area (Å²) in [5, 5.41) is 19.3. The monoisotopic (exact) mass is 195 g/mol. The van der Waals surface area contributed by atoms with Gasteiger partial charge in [0.1, 0.15) is 0 Å². The van der Waals surface area contributed by atoms with E-state index in [0.29, 0.717) is 10.6 Å². The van der Waals surface area contributed by atoms with Crippen LogP contribution in [0.25, 0.3) is 10.9 Å². The van der Waals surface area contributed by atoms with Gasteiger partial charge >= 0.3 is 7.12 Å². The molecule has 1 heterocycles. The van der Waals surface area contributed by atoms with Crippen LogP contribution in [0.3, 0.4) is 0 Å². The molecule has 0 spiro atoms. The minimum Gasteiger partial charge on any atom is -0.422 e. The minimum atomic E-state index is -1.47. The van der Waals surface area contributed by atoms with Crippen molar-refractivity contribution < 1.29 is 10.0 Å². The van der Waals surface area contributed by atoms with E-state index in [1.165, 1.54) is 0 Å². The van der Waals surface area contributed by atoms with E-state index in [4.69, 9.17) is 21.6 Å². The maximum absolute atomic E-state index is 8.89. The molecule has 66 valence electrons. The third-order valence-corrected chi connectivity index (χ3v) is 2.12. The number of rotatable bonds is 1. The number of hydrogen-bond donors (Lipinski definition) is 3. The maximum atomic E-state index is 8.89. The molecule has 0 saturated heterocycles. The molecule has 0 aliphatic rings. The molecule has 0 saturated carbocycles. The van der Waals surface area contributed by atoms with Crippen molar-refractivity contribution in [1.29, 1.82) is 0 Å². The van der Waals surface area contributed by atoms with E-state index < -0.39 is 7.12 Å². The number of H-pyrrole nitrogens is 1. The predicted octanol–water partition coefficient (Wildman–Crippen LogP) is 0.501. The van der Waals surface area contributed by atoms with Crippen LogP contribution < -0.4 is 5.59 Å². The van der Waals surface area contributed by atoms with Gasteiger partial charge in [0.15, 0.2) is 0 Å². The first-order chi connectivity index (χ1) is 6.16. The van der Waals surface area contributed by atoms with Crippen molar-refractivity contribution >= 4 is 35.2 Å². The highest BCUT2D eigenvalue weighted by molar-refractivity contribution is 6.58. The molecule has 13 heavy (non-hydrogen) atoms. The Hall–Kier alpha value is -0.965. The van der Waals surface area contributed by atoms with Gasteiger partial charge in [0.25, 0.3) is 0 Å². The van der Waals surface area contributed by atoms with Crippen molar-refractivity contribution in [3.63, 3.8) is 0 Å². The van der Waals surface area contributed by atoms with Gasteiger partial charge < -0.3 is 15.0 Å². The molecule has 1 aromatic heterocycles. The highest BCUT2D eigenvalue weighted by Crippen LogP contribution is 2.16. The Morgan fingerprint density at radius 3 is 2.69 bits per heavy atom. The standard InChI is InChI=1S/C8H7BClNO2/c10-6-2-1-5-3-8(9(12)13)11-7(5)4-6/h1-4,11-13H. The second-order valence-corrected chi connectivity index (χ2v) is 3.27. The van der Waals surface area contributed by atoms with Gasteiger partial charge in [0.2, 0.25) is 0 Å². The SMILES string of the molecule is OB(O)c1cc2ccc(Cl)cc2[nH]1.